The van der Waals surface area contributed by atoms with Crippen LogP contribution in [0.4, 0.5) is 0 Å². The van der Waals surface area contributed by atoms with E-state index in [-0.39, 0.29) is 0 Å². The molecule has 0 heterocycles. The van der Waals surface area contributed by atoms with Crippen molar-refractivity contribution < 1.29 is 5.32 Å². The zero-order chi connectivity index (χ0) is 15.0. The van der Waals surface area contributed by atoms with E-state index in [2.05, 4.69) is 59.9 Å². The Balaban J connectivity index is 1.54. The third-order valence-electron chi connectivity index (χ3n) is 4.90. The highest BCUT2D eigenvalue weighted by Crippen LogP contribution is 2.19. The van der Waals surface area contributed by atoms with Gasteiger partial charge in [0, 0.05) is 5.56 Å². The van der Waals surface area contributed by atoms with Gasteiger partial charge in [0.05, 0.1) is 6.04 Å². The van der Waals surface area contributed by atoms with E-state index in [1.165, 1.54) is 61.6 Å². The first-order valence-corrected chi connectivity index (χ1v) is 8.89. The first-order chi connectivity index (χ1) is 10.9. The summed E-state index contributed by atoms with van der Waals surface area (Å²) in [6, 6.07) is 20.6. The fourth-order valence-corrected chi connectivity index (χ4v) is 3.49. The average molecular weight is 294 g/mol. The molecule has 1 fully saturated rings. The largest absolute Gasteiger partial charge is 0.340 e. The number of rotatable bonds is 4. The van der Waals surface area contributed by atoms with Crippen molar-refractivity contribution in [1.29, 1.82) is 0 Å². The predicted molar refractivity (Wildman–Crippen MR) is 93.6 cm³/mol. The molecular formula is C21H28N+. The highest BCUT2D eigenvalue weighted by atomic mass is 14.9. The van der Waals surface area contributed by atoms with Gasteiger partial charge < -0.3 is 5.32 Å². The van der Waals surface area contributed by atoms with Gasteiger partial charge in [0.2, 0.25) is 0 Å². The Bertz CT molecular complexity index is 536. The lowest BCUT2D eigenvalue weighted by Gasteiger charge is -2.18. The number of hydrogen-bond acceptors (Lipinski definition) is 0. The first-order valence-electron chi connectivity index (χ1n) is 8.89. The SMILES string of the molecule is c1ccc(-c2ccc(C[NH2+]C3CCCCCCC3)cc2)cc1. The summed E-state index contributed by atoms with van der Waals surface area (Å²) in [5.74, 6) is 0. The van der Waals surface area contributed by atoms with Crippen LogP contribution in [0.25, 0.3) is 11.1 Å². The van der Waals surface area contributed by atoms with Crippen LogP contribution in [0.3, 0.4) is 0 Å². The van der Waals surface area contributed by atoms with E-state index in [4.69, 9.17) is 0 Å². The lowest BCUT2D eigenvalue weighted by atomic mass is 9.96. The number of benzene rings is 2. The van der Waals surface area contributed by atoms with Gasteiger partial charge >= 0.3 is 0 Å². The Morgan fingerprint density at radius 1 is 0.682 bits per heavy atom. The van der Waals surface area contributed by atoms with Gasteiger partial charge in [-0.1, -0.05) is 73.9 Å². The van der Waals surface area contributed by atoms with Gasteiger partial charge in [-0.05, 0) is 36.8 Å². The summed E-state index contributed by atoms with van der Waals surface area (Å²) in [6.45, 7) is 1.12. The molecule has 0 atom stereocenters. The van der Waals surface area contributed by atoms with Crippen molar-refractivity contribution in [2.45, 2.75) is 57.5 Å². The van der Waals surface area contributed by atoms with Gasteiger partial charge in [-0.25, -0.2) is 0 Å². The second-order valence-electron chi connectivity index (χ2n) is 6.61. The van der Waals surface area contributed by atoms with Crippen LogP contribution >= 0.6 is 0 Å². The molecule has 0 saturated heterocycles. The van der Waals surface area contributed by atoms with Crippen LogP contribution in [0.15, 0.2) is 54.6 Å². The molecule has 0 aromatic heterocycles. The lowest BCUT2D eigenvalue weighted by Crippen LogP contribution is -2.88. The molecule has 116 valence electrons. The molecule has 1 aliphatic carbocycles. The van der Waals surface area contributed by atoms with E-state index in [0.29, 0.717) is 0 Å². The Labute approximate surface area is 134 Å². The predicted octanol–water partition coefficient (Wildman–Crippen LogP) is 4.53. The van der Waals surface area contributed by atoms with E-state index >= 15 is 0 Å². The quantitative estimate of drug-likeness (QED) is 0.853. The third kappa shape index (κ3) is 4.45. The Hall–Kier alpha value is -1.60. The van der Waals surface area contributed by atoms with Crippen molar-refractivity contribution in [3.8, 4) is 11.1 Å². The minimum Gasteiger partial charge on any atom is -0.340 e. The number of hydrogen-bond donors (Lipinski definition) is 1. The van der Waals surface area contributed by atoms with Crippen molar-refractivity contribution in [2.24, 2.45) is 0 Å². The second-order valence-corrected chi connectivity index (χ2v) is 6.61. The van der Waals surface area contributed by atoms with Crippen LogP contribution in [-0.2, 0) is 6.54 Å². The molecule has 0 bridgehead atoms. The summed E-state index contributed by atoms with van der Waals surface area (Å²) in [4.78, 5) is 0. The molecule has 0 unspecified atom stereocenters. The second kappa shape index (κ2) is 8.14. The fourth-order valence-electron chi connectivity index (χ4n) is 3.49. The summed E-state index contributed by atoms with van der Waals surface area (Å²) < 4.78 is 0. The molecule has 0 radical (unpaired) electrons. The molecular weight excluding hydrogens is 266 g/mol. The van der Waals surface area contributed by atoms with Crippen molar-refractivity contribution >= 4 is 0 Å². The maximum Gasteiger partial charge on any atom is 0.101 e. The topological polar surface area (TPSA) is 16.6 Å². The van der Waals surface area contributed by atoms with Crippen molar-refractivity contribution in [3.63, 3.8) is 0 Å². The van der Waals surface area contributed by atoms with Gasteiger partial charge in [0.15, 0.2) is 0 Å². The van der Waals surface area contributed by atoms with Gasteiger partial charge in [0.25, 0.3) is 0 Å². The van der Waals surface area contributed by atoms with Gasteiger partial charge in [-0.3, -0.25) is 0 Å². The molecule has 1 heteroatoms. The molecule has 2 aromatic rings. The van der Waals surface area contributed by atoms with E-state index in [0.717, 1.165) is 12.6 Å². The number of nitrogens with two attached hydrogens (primary N) is 1. The maximum absolute atomic E-state index is 2.57. The molecule has 0 spiro atoms. The Morgan fingerprint density at radius 2 is 1.27 bits per heavy atom. The van der Waals surface area contributed by atoms with E-state index in [1.807, 2.05) is 0 Å². The summed E-state index contributed by atoms with van der Waals surface area (Å²) in [5, 5.41) is 2.57. The Kier molecular flexibility index (Phi) is 5.66. The summed E-state index contributed by atoms with van der Waals surface area (Å²) in [5.41, 5.74) is 4.06. The van der Waals surface area contributed by atoms with E-state index in [1.54, 1.807) is 0 Å². The van der Waals surface area contributed by atoms with Crippen LogP contribution in [0, 0.1) is 0 Å². The average Bonchev–Trinajstić information content (AvgIpc) is 2.55. The van der Waals surface area contributed by atoms with Crippen LogP contribution in [0.1, 0.15) is 50.5 Å². The highest BCUT2D eigenvalue weighted by molar-refractivity contribution is 5.63. The minimum atomic E-state index is 0.842. The Morgan fingerprint density at radius 3 is 1.95 bits per heavy atom. The van der Waals surface area contributed by atoms with Crippen molar-refractivity contribution in [1.82, 2.24) is 0 Å². The lowest BCUT2D eigenvalue weighted by molar-refractivity contribution is -0.706. The molecule has 1 nitrogen and oxygen atoms in total. The van der Waals surface area contributed by atoms with Crippen molar-refractivity contribution in [3.05, 3.63) is 60.2 Å². The fraction of sp³-hybridized carbons (Fsp3) is 0.429. The molecule has 3 rings (SSSR count). The number of quaternary nitrogens is 1. The van der Waals surface area contributed by atoms with E-state index < -0.39 is 0 Å². The summed E-state index contributed by atoms with van der Waals surface area (Å²) in [6.07, 6.45) is 9.99. The zero-order valence-electron chi connectivity index (χ0n) is 13.5. The smallest absolute Gasteiger partial charge is 0.101 e. The van der Waals surface area contributed by atoms with E-state index in [9.17, 15) is 0 Å². The first kappa shape index (κ1) is 15.3. The van der Waals surface area contributed by atoms with Gasteiger partial charge in [-0.2, -0.15) is 0 Å². The standard InChI is InChI=1S/C21H27N/c1-2-7-11-21(12-8-3-1)22-17-18-13-15-20(16-14-18)19-9-5-4-6-10-19/h4-6,9-10,13-16,21-22H,1-3,7-8,11-12,17H2/p+1. The normalized spacial score (nSPS) is 16.9. The molecule has 0 aliphatic heterocycles. The van der Waals surface area contributed by atoms with Gasteiger partial charge in [-0.15, -0.1) is 0 Å². The van der Waals surface area contributed by atoms with Crippen LogP contribution < -0.4 is 5.32 Å². The van der Waals surface area contributed by atoms with Gasteiger partial charge in [0.1, 0.15) is 6.54 Å². The molecule has 22 heavy (non-hydrogen) atoms. The zero-order valence-corrected chi connectivity index (χ0v) is 13.5. The molecule has 2 aromatic carbocycles. The summed E-state index contributed by atoms with van der Waals surface area (Å²) in [7, 11) is 0. The highest BCUT2D eigenvalue weighted by Gasteiger charge is 2.13. The maximum atomic E-state index is 2.57. The molecule has 1 aliphatic rings. The van der Waals surface area contributed by atoms with Crippen LogP contribution in [-0.4, -0.2) is 6.04 Å². The molecule has 2 N–H and O–H groups in total. The summed E-state index contributed by atoms with van der Waals surface area (Å²) >= 11 is 0. The van der Waals surface area contributed by atoms with Crippen molar-refractivity contribution in [2.75, 3.05) is 0 Å². The molecule has 1 saturated carbocycles. The molecule has 0 amide bonds. The minimum absolute atomic E-state index is 0.842. The van der Waals surface area contributed by atoms with Crippen LogP contribution in [0.5, 0.6) is 0 Å². The van der Waals surface area contributed by atoms with Crippen LogP contribution in [0.2, 0.25) is 0 Å². The third-order valence-corrected chi connectivity index (χ3v) is 4.90. The monoisotopic (exact) mass is 294 g/mol.